The number of nitrogens with one attached hydrogen (secondary N) is 2. The van der Waals surface area contributed by atoms with Crippen LogP contribution < -0.4 is 10.6 Å². The Kier molecular flexibility index (Phi) is 5.98. The third-order valence-electron chi connectivity index (χ3n) is 5.94. The van der Waals surface area contributed by atoms with Crippen molar-refractivity contribution in [3.63, 3.8) is 0 Å². The fourth-order valence-corrected chi connectivity index (χ4v) is 3.81. The van der Waals surface area contributed by atoms with E-state index in [1.54, 1.807) is 32.2 Å². The lowest BCUT2D eigenvalue weighted by atomic mass is 10.1. The fraction of sp³-hybridized carbons (Fsp3) is 0.296. The number of fused-ring (bicyclic) bond motifs is 1. The van der Waals surface area contributed by atoms with E-state index >= 15 is 0 Å². The number of alkyl halides is 1. The predicted octanol–water partition coefficient (Wildman–Crippen LogP) is 4.61. The maximum Gasteiger partial charge on any atom is 0.251 e. The molecule has 35 heavy (non-hydrogen) atoms. The second-order valence-corrected chi connectivity index (χ2v) is 9.63. The Morgan fingerprint density at radius 3 is 2.43 bits per heavy atom. The van der Waals surface area contributed by atoms with Crippen molar-refractivity contribution in [2.24, 2.45) is 0 Å². The van der Waals surface area contributed by atoms with Crippen LogP contribution in [0.5, 0.6) is 0 Å². The number of halogens is 1. The molecule has 1 fully saturated rings. The molecular formula is C27H28FN5O2. The molecule has 180 valence electrons. The highest BCUT2D eigenvalue weighted by molar-refractivity contribution is 5.95. The molecule has 2 aromatic heterocycles. The van der Waals surface area contributed by atoms with E-state index in [9.17, 15) is 14.3 Å². The molecule has 0 unspecified atom stereocenters. The van der Waals surface area contributed by atoms with E-state index in [2.05, 4.69) is 15.6 Å². The van der Waals surface area contributed by atoms with E-state index in [1.165, 1.54) is 0 Å². The van der Waals surface area contributed by atoms with Crippen LogP contribution in [0.2, 0.25) is 0 Å². The number of imidazole rings is 1. The topological polar surface area (TPSA) is 91.5 Å². The summed E-state index contributed by atoms with van der Waals surface area (Å²) in [6, 6.07) is 14.9. The van der Waals surface area contributed by atoms with Crippen molar-refractivity contribution in [3.8, 4) is 22.5 Å². The molecule has 2 aromatic carbocycles. The maximum absolute atomic E-state index is 13.0. The number of nitrogens with zero attached hydrogens (tertiary/aromatic N) is 3. The summed E-state index contributed by atoms with van der Waals surface area (Å²) in [6.45, 7) is 3.20. The Bertz CT molecular complexity index is 1350. The normalized spacial score (nSPS) is 13.7. The fourth-order valence-electron chi connectivity index (χ4n) is 3.81. The minimum absolute atomic E-state index is 0.0569. The Hall–Kier alpha value is -3.78. The second kappa shape index (κ2) is 9.11. The summed E-state index contributed by atoms with van der Waals surface area (Å²) in [5.41, 5.74) is 4.15. The van der Waals surface area contributed by atoms with Gasteiger partial charge in [-0.15, -0.1) is 0 Å². The lowest BCUT2D eigenvalue weighted by molar-refractivity contribution is 0.0940. The predicted molar refractivity (Wildman–Crippen MR) is 134 cm³/mol. The van der Waals surface area contributed by atoms with Crippen LogP contribution in [-0.4, -0.2) is 43.6 Å². The molecule has 0 bridgehead atoms. The molecule has 0 atom stereocenters. The first-order chi connectivity index (χ1) is 16.8. The van der Waals surface area contributed by atoms with Gasteiger partial charge in [0.25, 0.3) is 5.91 Å². The second-order valence-electron chi connectivity index (χ2n) is 9.63. The lowest BCUT2D eigenvalue weighted by Crippen LogP contribution is -2.29. The number of amides is 1. The molecule has 3 N–H and O–H groups in total. The monoisotopic (exact) mass is 473 g/mol. The average molecular weight is 474 g/mol. The summed E-state index contributed by atoms with van der Waals surface area (Å²) in [5.74, 6) is 0.476. The molecule has 1 aliphatic rings. The summed E-state index contributed by atoms with van der Waals surface area (Å²) >= 11 is 0. The van der Waals surface area contributed by atoms with Crippen molar-refractivity contribution in [1.82, 2.24) is 19.7 Å². The first kappa shape index (κ1) is 23.0. The van der Waals surface area contributed by atoms with Gasteiger partial charge in [0.15, 0.2) is 11.5 Å². The Balaban J connectivity index is 1.54. The van der Waals surface area contributed by atoms with Crippen molar-refractivity contribution in [1.29, 1.82) is 0 Å². The number of carbonyl (C=O) groups excluding carboxylic acids is 1. The summed E-state index contributed by atoms with van der Waals surface area (Å²) in [6.07, 6.45) is 5.75. The first-order valence-corrected chi connectivity index (χ1v) is 11.7. The molecule has 0 aliphatic heterocycles. The number of carbonyl (C=O) groups is 1. The molecule has 2 heterocycles. The number of rotatable bonds is 8. The van der Waals surface area contributed by atoms with Gasteiger partial charge in [-0.3, -0.25) is 9.20 Å². The van der Waals surface area contributed by atoms with Gasteiger partial charge in [-0.2, -0.15) is 0 Å². The third-order valence-corrected chi connectivity index (χ3v) is 5.94. The van der Waals surface area contributed by atoms with Crippen LogP contribution >= 0.6 is 0 Å². The highest BCUT2D eigenvalue weighted by atomic mass is 19.1. The number of hydrogen-bond acceptors (Lipinski definition) is 5. The van der Waals surface area contributed by atoms with E-state index in [0.29, 0.717) is 34.3 Å². The molecule has 1 amide bonds. The molecule has 0 spiro atoms. The van der Waals surface area contributed by atoms with Crippen LogP contribution in [0.4, 0.5) is 10.2 Å². The summed E-state index contributed by atoms with van der Waals surface area (Å²) in [5, 5.41) is 16.4. The number of benzene rings is 2. The van der Waals surface area contributed by atoms with E-state index in [4.69, 9.17) is 4.98 Å². The number of anilines is 1. The SMILES string of the molecule is CC(C)(O)CNc1nc(-c2ccc(CF)cc2)cn2c(-c3ccc(C(=O)NC4CC4)cc3)cnc12. The van der Waals surface area contributed by atoms with Crippen molar-refractivity contribution in [2.75, 3.05) is 11.9 Å². The van der Waals surface area contributed by atoms with Crippen LogP contribution in [0, 0.1) is 0 Å². The van der Waals surface area contributed by atoms with Gasteiger partial charge in [-0.25, -0.2) is 14.4 Å². The largest absolute Gasteiger partial charge is 0.389 e. The minimum atomic E-state index is -0.941. The van der Waals surface area contributed by atoms with E-state index in [1.807, 2.05) is 47.0 Å². The van der Waals surface area contributed by atoms with Crippen molar-refractivity contribution in [3.05, 3.63) is 72.1 Å². The van der Waals surface area contributed by atoms with E-state index in [0.717, 1.165) is 29.7 Å². The molecule has 4 aromatic rings. The summed E-state index contributed by atoms with van der Waals surface area (Å²) in [4.78, 5) is 21.7. The Morgan fingerprint density at radius 2 is 1.80 bits per heavy atom. The van der Waals surface area contributed by atoms with Gasteiger partial charge in [0.2, 0.25) is 0 Å². The van der Waals surface area contributed by atoms with Gasteiger partial charge in [0, 0.05) is 35.5 Å². The van der Waals surface area contributed by atoms with Gasteiger partial charge in [-0.1, -0.05) is 36.4 Å². The summed E-state index contributed by atoms with van der Waals surface area (Å²) in [7, 11) is 0. The molecule has 0 saturated heterocycles. The standard InChI is InChI=1S/C27H28FN5O2/c1-27(2,35)16-30-24-25-29-14-23(19-7-9-20(10-8-19)26(34)31-21-11-12-21)33(25)15-22(32-24)18-5-3-17(13-28)4-6-18/h3-10,14-15,21,35H,11-13,16H2,1-2H3,(H,30,32)(H,31,34). The molecule has 7 nitrogen and oxygen atoms in total. The zero-order valence-corrected chi connectivity index (χ0v) is 19.8. The van der Waals surface area contributed by atoms with E-state index < -0.39 is 12.3 Å². The molecular weight excluding hydrogens is 445 g/mol. The maximum atomic E-state index is 13.0. The van der Waals surface area contributed by atoms with Crippen LogP contribution in [0.15, 0.2) is 60.9 Å². The molecule has 1 aliphatic carbocycles. The van der Waals surface area contributed by atoms with Gasteiger partial charge in [0.1, 0.15) is 6.67 Å². The molecule has 1 saturated carbocycles. The van der Waals surface area contributed by atoms with Crippen molar-refractivity contribution >= 4 is 17.4 Å². The molecule has 0 radical (unpaired) electrons. The Labute approximate surface area is 203 Å². The lowest BCUT2D eigenvalue weighted by Gasteiger charge is -2.19. The zero-order valence-electron chi connectivity index (χ0n) is 19.8. The van der Waals surface area contributed by atoms with Crippen LogP contribution in [0.1, 0.15) is 42.6 Å². The van der Waals surface area contributed by atoms with Gasteiger partial charge in [-0.05, 0) is 44.4 Å². The minimum Gasteiger partial charge on any atom is -0.389 e. The Morgan fingerprint density at radius 1 is 1.11 bits per heavy atom. The van der Waals surface area contributed by atoms with Crippen LogP contribution in [0.3, 0.4) is 0 Å². The van der Waals surface area contributed by atoms with Gasteiger partial charge >= 0.3 is 0 Å². The molecule has 8 heteroatoms. The summed E-state index contributed by atoms with van der Waals surface area (Å²) < 4.78 is 14.9. The quantitative estimate of drug-likeness (QED) is 0.348. The number of aliphatic hydroxyl groups is 1. The molecule has 5 rings (SSSR count). The number of aromatic nitrogens is 3. The smallest absolute Gasteiger partial charge is 0.251 e. The number of hydrogen-bond donors (Lipinski definition) is 3. The van der Waals surface area contributed by atoms with Crippen molar-refractivity contribution < 1.29 is 14.3 Å². The highest BCUT2D eigenvalue weighted by Crippen LogP contribution is 2.29. The van der Waals surface area contributed by atoms with Crippen molar-refractivity contribution in [2.45, 2.75) is 45.0 Å². The van der Waals surface area contributed by atoms with Crippen LogP contribution in [-0.2, 0) is 6.67 Å². The average Bonchev–Trinajstić information content (AvgIpc) is 3.57. The van der Waals surface area contributed by atoms with Gasteiger partial charge < -0.3 is 15.7 Å². The van der Waals surface area contributed by atoms with Gasteiger partial charge in [0.05, 0.1) is 23.2 Å². The first-order valence-electron chi connectivity index (χ1n) is 11.7. The third kappa shape index (κ3) is 5.17. The van der Waals surface area contributed by atoms with Crippen LogP contribution in [0.25, 0.3) is 28.2 Å². The zero-order chi connectivity index (χ0) is 24.6. The van der Waals surface area contributed by atoms with E-state index in [-0.39, 0.29) is 12.5 Å². The highest BCUT2D eigenvalue weighted by Gasteiger charge is 2.24.